The Morgan fingerprint density at radius 2 is 1.96 bits per heavy atom. The summed E-state index contributed by atoms with van der Waals surface area (Å²) < 4.78 is 3.15. The summed E-state index contributed by atoms with van der Waals surface area (Å²) in [6.45, 7) is 4.74. The molecule has 0 aliphatic carbocycles. The molecule has 0 aliphatic heterocycles. The molecule has 0 aliphatic rings. The number of aryl methyl sites for hydroxylation is 1. The highest BCUT2D eigenvalue weighted by Crippen LogP contribution is 2.33. The first-order chi connectivity index (χ1) is 11.5. The van der Waals surface area contributed by atoms with E-state index >= 15 is 0 Å². The molecule has 24 heavy (non-hydrogen) atoms. The number of nitrogens with zero attached hydrogens (tertiary/aromatic N) is 2. The molecular weight excluding hydrogens is 368 g/mol. The van der Waals surface area contributed by atoms with Gasteiger partial charge in [0.25, 0.3) is 5.91 Å². The summed E-state index contributed by atoms with van der Waals surface area (Å²) in [5.74, 6) is -0.395. The van der Waals surface area contributed by atoms with Crippen LogP contribution < -0.4 is 5.73 Å². The van der Waals surface area contributed by atoms with Crippen LogP contribution in [0.25, 0.3) is 11.1 Å². The fourth-order valence-corrected chi connectivity index (χ4v) is 3.41. The van der Waals surface area contributed by atoms with Gasteiger partial charge in [-0.15, -0.1) is 0 Å². The van der Waals surface area contributed by atoms with Crippen molar-refractivity contribution in [1.82, 2.24) is 14.5 Å². The van der Waals surface area contributed by atoms with Gasteiger partial charge in [0, 0.05) is 46.3 Å². The van der Waals surface area contributed by atoms with E-state index in [1.165, 1.54) is 0 Å². The number of nitrogens with two attached hydrogens (primary N) is 1. The van der Waals surface area contributed by atoms with Crippen molar-refractivity contribution in [2.75, 3.05) is 0 Å². The second kappa shape index (κ2) is 6.65. The van der Waals surface area contributed by atoms with Gasteiger partial charge in [0.05, 0.1) is 11.9 Å². The fraction of sp³-hybridized carbons (Fsp3) is 0.222. The largest absolute Gasteiger partial charge is 0.366 e. The molecule has 3 aromatic rings. The van der Waals surface area contributed by atoms with Crippen LogP contribution in [0.1, 0.15) is 27.4 Å². The van der Waals surface area contributed by atoms with E-state index in [9.17, 15) is 4.79 Å². The molecule has 1 aromatic carbocycles. The topological polar surface area (TPSA) is 76.7 Å². The molecule has 0 saturated carbocycles. The summed E-state index contributed by atoms with van der Waals surface area (Å²) in [5.41, 5.74) is 11.2. The second-order valence-corrected chi connectivity index (χ2v) is 6.69. The molecular formula is C18H19BrN4O. The predicted molar refractivity (Wildman–Crippen MR) is 97.9 cm³/mol. The highest BCUT2D eigenvalue weighted by atomic mass is 79.9. The summed E-state index contributed by atoms with van der Waals surface area (Å²) in [4.78, 5) is 19.2. The summed E-state index contributed by atoms with van der Waals surface area (Å²) in [6.07, 6.45) is 4.31. The quantitative estimate of drug-likeness (QED) is 0.702. The minimum atomic E-state index is -0.395. The summed E-state index contributed by atoms with van der Waals surface area (Å²) >= 11 is 3.44. The lowest BCUT2D eigenvalue weighted by molar-refractivity contribution is 0.1000. The molecule has 0 radical (unpaired) electrons. The maximum absolute atomic E-state index is 12.1. The molecule has 5 nitrogen and oxygen atoms in total. The van der Waals surface area contributed by atoms with Crippen molar-refractivity contribution in [2.45, 2.75) is 26.8 Å². The number of nitrogens with one attached hydrogen (secondary N) is 1. The molecule has 0 bridgehead atoms. The molecule has 1 amide bonds. The van der Waals surface area contributed by atoms with Crippen LogP contribution in [0.2, 0.25) is 0 Å². The van der Waals surface area contributed by atoms with Crippen LogP contribution in [0.5, 0.6) is 0 Å². The Morgan fingerprint density at radius 1 is 1.25 bits per heavy atom. The van der Waals surface area contributed by atoms with Gasteiger partial charge < -0.3 is 15.3 Å². The lowest BCUT2D eigenvalue weighted by Crippen LogP contribution is -2.13. The molecule has 3 rings (SSSR count). The summed E-state index contributed by atoms with van der Waals surface area (Å²) in [7, 11) is 0. The lowest BCUT2D eigenvalue weighted by Gasteiger charge is -2.09. The molecule has 3 N–H and O–H groups in total. The Bertz CT molecular complexity index is 864. The van der Waals surface area contributed by atoms with Crippen LogP contribution in [-0.4, -0.2) is 20.4 Å². The van der Waals surface area contributed by atoms with E-state index in [0.717, 1.165) is 45.6 Å². The van der Waals surface area contributed by atoms with E-state index in [1.807, 2.05) is 44.3 Å². The van der Waals surface area contributed by atoms with E-state index in [1.54, 1.807) is 6.33 Å². The maximum Gasteiger partial charge on any atom is 0.251 e. The molecule has 0 unspecified atom stereocenters. The number of aromatic amines is 1. The molecule has 0 atom stereocenters. The number of carbonyl (C=O) groups excluding carboxylic acids is 1. The van der Waals surface area contributed by atoms with Crippen LogP contribution in [0.3, 0.4) is 0 Å². The monoisotopic (exact) mass is 386 g/mol. The predicted octanol–water partition coefficient (Wildman–Crippen LogP) is 3.60. The van der Waals surface area contributed by atoms with Gasteiger partial charge in [-0.2, -0.15) is 0 Å². The van der Waals surface area contributed by atoms with Gasteiger partial charge in [-0.3, -0.25) is 4.79 Å². The van der Waals surface area contributed by atoms with Crippen LogP contribution >= 0.6 is 15.9 Å². The lowest BCUT2D eigenvalue weighted by atomic mass is 10.0. The third-order valence-corrected chi connectivity index (χ3v) is 4.85. The van der Waals surface area contributed by atoms with Crippen LogP contribution in [-0.2, 0) is 13.0 Å². The van der Waals surface area contributed by atoms with E-state index in [-0.39, 0.29) is 0 Å². The van der Waals surface area contributed by atoms with Gasteiger partial charge in [-0.05, 0) is 31.5 Å². The first-order valence-electron chi connectivity index (χ1n) is 7.71. The first-order valence-corrected chi connectivity index (χ1v) is 8.51. The minimum absolute atomic E-state index is 0.395. The van der Waals surface area contributed by atoms with E-state index in [0.29, 0.717) is 5.56 Å². The summed E-state index contributed by atoms with van der Waals surface area (Å²) in [5, 5.41) is 0. The van der Waals surface area contributed by atoms with Crippen molar-refractivity contribution in [3.05, 3.63) is 63.9 Å². The average molecular weight is 387 g/mol. The average Bonchev–Trinajstić information content (AvgIpc) is 3.13. The summed E-state index contributed by atoms with van der Waals surface area (Å²) in [6, 6.07) is 7.93. The highest BCUT2D eigenvalue weighted by Gasteiger charge is 2.22. The fourth-order valence-electron chi connectivity index (χ4n) is 3.14. The van der Waals surface area contributed by atoms with Crippen LogP contribution in [0.4, 0.5) is 0 Å². The molecule has 2 heterocycles. The Kier molecular flexibility index (Phi) is 4.57. The van der Waals surface area contributed by atoms with Crippen LogP contribution in [0, 0.1) is 13.8 Å². The van der Waals surface area contributed by atoms with Crippen molar-refractivity contribution < 1.29 is 4.79 Å². The van der Waals surface area contributed by atoms with Gasteiger partial charge in [0.1, 0.15) is 0 Å². The molecule has 0 fully saturated rings. The van der Waals surface area contributed by atoms with Crippen molar-refractivity contribution in [2.24, 2.45) is 5.73 Å². The van der Waals surface area contributed by atoms with Gasteiger partial charge >= 0.3 is 0 Å². The Morgan fingerprint density at radius 3 is 2.54 bits per heavy atom. The van der Waals surface area contributed by atoms with Crippen molar-refractivity contribution in [3.63, 3.8) is 0 Å². The number of imidazole rings is 1. The highest BCUT2D eigenvalue weighted by molar-refractivity contribution is 9.10. The number of hydrogen-bond acceptors (Lipinski definition) is 2. The zero-order valence-electron chi connectivity index (χ0n) is 13.6. The molecule has 6 heteroatoms. The van der Waals surface area contributed by atoms with Crippen molar-refractivity contribution in [3.8, 4) is 11.1 Å². The van der Waals surface area contributed by atoms with Crippen molar-refractivity contribution in [1.29, 1.82) is 0 Å². The molecule has 2 aromatic heterocycles. The molecule has 0 spiro atoms. The smallest absolute Gasteiger partial charge is 0.251 e. The van der Waals surface area contributed by atoms with Gasteiger partial charge in [0.15, 0.2) is 0 Å². The van der Waals surface area contributed by atoms with E-state index in [4.69, 9.17) is 5.73 Å². The number of primary amides is 1. The van der Waals surface area contributed by atoms with Gasteiger partial charge in [-0.25, -0.2) is 4.98 Å². The third-order valence-electron chi connectivity index (χ3n) is 4.32. The Labute approximate surface area is 149 Å². The number of amides is 1. The number of hydrogen-bond donors (Lipinski definition) is 2. The van der Waals surface area contributed by atoms with Gasteiger partial charge in [0.2, 0.25) is 0 Å². The zero-order valence-corrected chi connectivity index (χ0v) is 15.2. The minimum Gasteiger partial charge on any atom is -0.366 e. The molecule has 124 valence electrons. The zero-order chi connectivity index (χ0) is 17.3. The molecule has 0 saturated heterocycles. The van der Waals surface area contributed by atoms with Crippen LogP contribution in [0.15, 0.2) is 41.3 Å². The number of rotatable bonds is 5. The normalized spacial score (nSPS) is 11.0. The first kappa shape index (κ1) is 16.5. The number of H-pyrrole nitrogens is 1. The van der Waals surface area contributed by atoms with Crippen molar-refractivity contribution >= 4 is 21.8 Å². The standard InChI is InChI=1S/C18H19BrN4O/c1-11-16(13-3-5-14(19)6-4-13)17(18(20)24)12(2)23(11)8-7-15-9-21-10-22-15/h3-6,9-10H,7-8H2,1-2H3,(H2,20,24)(H,21,22). The SMILES string of the molecule is Cc1c(C(N)=O)c(-c2ccc(Br)cc2)c(C)n1CCc1cnc[nH]1. The van der Waals surface area contributed by atoms with Gasteiger partial charge in [-0.1, -0.05) is 28.1 Å². The maximum atomic E-state index is 12.1. The number of halogens is 1. The third kappa shape index (κ3) is 3.01. The number of carbonyl (C=O) groups is 1. The second-order valence-electron chi connectivity index (χ2n) is 5.77. The number of benzene rings is 1. The number of aromatic nitrogens is 3. The Hall–Kier alpha value is -2.34. The Balaban J connectivity index is 2.06. The van der Waals surface area contributed by atoms with E-state index < -0.39 is 5.91 Å². The van der Waals surface area contributed by atoms with E-state index in [2.05, 4.69) is 30.5 Å².